The van der Waals surface area contributed by atoms with E-state index >= 15 is 0 Å². The van der Waals surface area contributed by atoms with Crippen molar-refractivity contribution in [3.05, 3.63) is 35.2 Å². The third-order valence-electron chi connectivity index (χ3n) is 2.87. The monoisotopic (exact) mass is 262 g/mol. The molecule has 2 heterocycles. The highest BCUT2D eigenvalue weighted by molar-refractivity contribution is 6.61. The molecule has 90 valence electrons. The van der Waals surface area contributed by atoms with Crippen molar-refractivity contribution in [1.82, 2.24) is 9.97 Å². The Kier molecular flexibility index (Phi) is 2.70. The van der Waals surface area contributed by atoms with Crippen LogP contribution in [0, 0.1) is 0 Å². The Morgan fingerprint density at radius 1 is 1.33 bits per heavy atom. The molecule has 1 aromatic heterocycles. The van der Waals surface area contributed by atoms with Crippen LogP contribution in [-0.2, 0) is 11.3 Å². The molecule has 0 atom stereocenters. The molecule has 0 radical (unpaired) electrons. The van der Waals surface area contributed by atoms with Crippen LogP contribution in [0.15, 0.2) is 24.7 Å². The standard InChI is InChI=1S/C11H8BClN2O3/c13-10-1-6-4-18-12(17)9(6)2-7(10)8-3-14-5-15-11(8)16/h1-3,5,17H,4H2,(H,14,15,16). The van der Waals surface area contributed by atoms with Crippen molar-refractivity contribution in [3.8, 4) is 17.0 Å². The molecule has 0 fully saturated rings. The van der Waals surface area contributed by atoms with E-state index in [0.29, 0.717) is 28.2 Å². The number of aromatic nitrogens is 2. The van der Waals surface area contributed by atoms with Gasteiger partial charge in [-0.25, -0.2) is 9.97 Å². The van der Waals surface area contributed by atoms with Gasteiger partial charge in [0.05, 0.1) is 12.2 Å². The molecule has 0 unspecified atom stereocenters. The third kappa shape index (κ3) is 1.75. The highest BCUT2D eigenvalue weighted by Gasteiger charge is 2.29. The number of aromatic hydroxyl groups is 1. The smallest absolute Gasteiger partial charge is 0.491 e. The van der Waals surface area contributed by atoms with Gasteiger partial charge in [0.2, 0.25) is 5.88 Å². The SMILES string of the molecule is OB1OCc2cc(Cl)c(-c3cncnc3O)cc21. The van der Waals surface area contributed by atoms with Crippen LogP contribution in [0.25, 0.3) is 11.1 Å². The fourth-order valence-electron chi connectivity index (χ4n) is 1.96. The van der Waals surface area contributed by atoms with Crippen LogP contribution in [-0.4, -0.2) is 27.2 Å². The molecule has 1 aliphatic rings. The Balaban J connectivity index is 2.19. The molecule has 0 saturated carbocycles. The van der Waals surface area contributed by atoms with Gasteiger partial charge in [-0.2, -0.15) is 0 Å². The summed E-state index contributed by atoms with van der Waals surface area (Å²) in [5.74, 6) is -0.153. The highest BCUT2D eigenvalue weighted by Crippen LogP contribution is 2.33. The number of benzene rings is 1. The summed E-state index contributed by atoms with van der Waals surface area (Å²) in [6, 6.07) is 3.41. The van der Waals surface area contributed by atoms with Crippen LogP contribution in [0.1, 0.15) is 5.56 Å². The summed E-state index contributed by atoms with van der Waals surface area (Å²) in [6.45, 7) is 0.327. The summed E-state index contributed by atoms with van der Waals surface area (Å²) in [7, 11) is -0.956. The third-order valence-corrected chi connectivity index (χ3v) is 3.19. The predicted molar refractivity (Wildman–Crippen MR) is 66.5 cm³/mol. The minimum Gasteiger partial charge on any atom is -0.493 e. The summed E-state index contributed by atoms with van der Waals surface area (Å²) in [5.41, 5.74) is 2.48. The number of hydrogen-bond donors (Lipinski definition) is 2. The molecule has 2 N–H and O–H groups in total. The minimum atomic E-state index is -0.956. The molecule has 1 aromatic carbocycles. The molecule has 3 rings (SSSR count). The largest absolute Gasteiger partial charge is 0.493 e. The fraction of sp³-hybridized carbons (Fsp3) is 0.0909. The molecular weight excluding hydrogens is 254 g/mol. The zero-order valence-electron chi connectivity index (χ0n) is 9.17. The summed E-state index contributed by atoms with van der Waals surface area (Å²) >= 11 is 6.16. The fourth-order valence-corrected chi connectivity index (χ4v) is 2.25. The van der Waals surface area contributed by atoms with Gasteiger partial charge < -0.3 is 14.8 Å². The van der Waals surface area contributed by atoms with Crippen LogP contribution in [0.5, 0.6) is 5.88 Å². The van der Waals surface area contributed by atoms with E-state index < -0.39 is 7.12 Å². The summed E-state index contributed by atoms with van der Waals surface area (Å²) in [5, 5.41) is 19.8. The van der Waals surface area contributed by atoms with Gasteiger partial charge >= 0.3 is 7.12 Å². The summed E-state index contributed by atoms with van der Waals surface area (Å²) in [4.78, 5) is 7.55. The molecular formula is C11H8BClN2O3. The normalized spacial score (nSPS) is 13.8. The Bertz CT molecular complexity index is 623. The lowest BCUT2D eigenvalue weighted by atomic mass is 9.78. The van der Waals surface area contributed by atoms with Gasteiger partial charge in [-0.3, -0.25) is 0 Å². The van der Waals surface area contributed by atoms with E-state index in [1.165, 1.54) is 12.5 Å². The first-order valence-corrected chi connectivity index (χ1v) is 5.66. The van der Waals surface area contributed by atoms with E-state index in [2.05, 4.69) is 9.97 Å². The number of hydrogen-bond acceptors (Lipinski definition) is 5. The second kappa shape index (κ2) is 4.24. The molecule has 0 amide bonds. The first-order chi connectivity index (χ1) is 8.66. The van der Waals surface area contributed by atoms with Crippen molar-refractivity contribution in [3.63, 3.8) is 0 Å². The highest BCUT2D eigenvalue weighted by atomic mass is 35.5. The molecule has 0 bridgehead atoms. The Morgan fingerprint density at radius 2 is 2.17 bits per heavy atom. The average Bonchev–Trinajstić information content (AvgIpc) is 2.70. The zero-order valence-corrected chi connectivity index (χ0v) is 9.92. The van der Waals surface area contributed by atoms with Crippen LogP contribution < -0.4 is 5.46 Å². The lowest BCUT2D eigenvalue weighted by Crippen LogP contribution is -2.28. The van der Waals surface area contributed by atoms with E-state index in [1.54, 1.807) is 12.1 Å². The van der Waals surface area contributed by atoms with Gasteiger partial charge in [-0.15, -0.1) is 0 Å². The Morgan fingerprint density at radius 3 is 2.94 bits per heavy atom. The number of halogens is 1. The maximum Gasteiger partial charge on any atom is 0.491 e. The quantitative estimate of drug-likeness (QED) is 0.741. The topological polar surface area (TPSA) is 75.5 Å². The first-order valence-electron chi connectivity index (χ1n) is 5.28. The lowest BCUT2D eigenvalue weighted by Gasteiger charge is -2.08. The van der Waals surface area contributed by atoms with Gasteiger partial charge in [-0.05, 0) is 17.1 Å². The van der Waals surface area contributed by atoms with Gasteiger partial charge in [0.1, 0.15) is 6.33 Å². The molecule has 0 spiro atoms. The van der Waals surface area contributed by atoms with Gasteiger partial charge in [0, 0.05) is 16.8 Å². The van der Waals surface area contributed by atoms with Crippen LogP contribution >= 0.6 is 11.6 Å². The lowest BCUT2D eigenvalue weighted by molar-refractivity contribution is 0.275. The van der Waals surface area contributed by atoms with Crippen LogP contribution in [0.2, 0.25) is 5.02 Å². The summed E-state index contributed by atoms with van der Waals surface area (Å²) < 4.78 is 5.10. The van der Waals surface area contributed by atoms with Crippen LogP contribution in [0.3, 0.4) is 0 Å². The van der Waals surface area contributed by atoms with Crippen molar-refractivity contribution < 1.29 is 14.8 Å². The van der Waals surface area contributed by atoms with Crippen molar-refractivity contribution in [1.29, 1.82) is 0 Å². The maximum absolute atomic E-state index is 9.70. The summed E-state index contributed by atoms with van der Waals surface area (Å²) in [6.07, 6.45) is 2.72. The Hall–Kier alpha value is -1.63. The molecule has 18 heavy (non-hydrogen) atoms. The number of nitrogens with zero attached hydrogens (tertiary/aromatic N) is 2. The molecule has 2 aromatic rings. The predicted octanol–water partition coefficient (Wildman–Crippen LogP) is 0.720. The maximum atomic E-state index is 9.70. The molecule has 1 aliphatic heterocycles. The van der Waals surface area contributed by atoms with Gasteiger partial charge in [0.25, 0.3) is 0 Å². The van der Waals surface area contributed by atoms with Crippen LogP contribution in [0.4, 0.5) is 0 Å². The van der Waals surface area contributed by atoms with E-state index in [1.807, 2.05) is 0 Å². The molecule has 0 aliphatic carbocycles. The van der Waals surface area contributed by atoms with E-state index in [0.717, 1.165) is 5.56 Å². The number of fused-ring (bicyclic) bond motifs is 1. The van der Waals surface area contributed by atoms with Crippen molar-refractivity contribution in [2.75, 3.05) is 0 Å². The van der Waals surface area contributed by atoms with Crippen molar-refractivity contribution in [2.45, 2.75) is 6.61 Å². The second-order valence-electron chi connectivity index (χ2n) is 3.95. The van der Waals surface area contributed by atoms with Gasteiger partial charge in [0.15, 0.2) is 0 Å². The molecule has 0 saturated heterocycles. The minimum absolute atomic E-state index is 0.153. The molecule has 7 heteroatoms. The Labute approximate surface area is 108 Å². The first kappa shape index (κ1) is 11.5. The average molecular weight is 262 g/mol. The van der Waals surface area contributed by atoms with E-state index in [4.69, 9.17) is 16.3 Å². The van der Waals surface area contributed by atoms with E-state index in [-0.39, 0.29) is 5.88 Å². The van der Waals surface area contributed by atoms with E-state index in [9.17, 15) is 10.1 Å². The van der Waals surface area contributed by atoms with Crippen molar-refractivity contribution in [2.24, 2.45) is 0 Å². The number of rotatable bonds is 1. The zero-order chi connectivity index (χ0) is 12.7. The van der Waals surface area contributed by atoms with Crippen molar-refractivity contribution >= 4 is 24.2 Å². The van der Waals surface area contributed by atoms with Gasteiger partial charge in [-0.1, -0.05) is 17.7 Å². The second-order valence-corrected chi connectivity index (χ2v) is 4.36. The molecule has 5 nitrogen and oxygen atoms in total.